The Morgan fingerprint density at radius 1 is 1.24 bits per heavy atom. The van der Waals surface area contributed by atoms with Gasteiger partial charge in [0.2, 0.25) is 0 Å². The number of amides is 1. The molecule has 0 saturated heterocycles. The number of thioether (sulfide) groups is 1. The summed E-state index contributed by atoms with van der Waals surface area (Å²) in [6, 6.07) is 8.63. The molecule has 0 aliphatic heterocycles. The minimum Gasteiger partial charge on any atom is -0.348 e. The van der Waals surface area contributed by atoms with Gasteiger partial charge in [0, 0.05) is 18.2 Å². The summed E-state index contributed by atoms with van der Waals surface area (Å²) < 4.78 is 38.0. The molecule has 1 amide bonds. The monoisotopic (exact) mass is 370 g/mol. The van der Waals surface area contributed by atoms with Crippen LogP contribution in [0.2, 0.25) is 0 Å². The number of nitrogens with zero attached hydrogens (tertiary/aromatic N) is 1. The van der Waals surface area contributed by atoms with E-state index >= 15 is 0 Å². The summed E-state index contributed by atoms with van der Waals surface area (Å²) in [5.74, 6) is -0.604. The molecule has 2 aromatic carbocycles. The second-order valence-corrected chi connectivity index (χ2v) is 5.87. The van der Waals surface area contributed by atoms with Crippen molar-refractivity contribution in [3.05, 3.63) is 69.3 Å². The lowest BCUT2D eigenvalue weighted by Gasteiger charge is -2.10. The number of rotatable bonds is 5. The number of hydrogen-bond donors (Lipinski definition) is 1. The van der Waals surface area contributed by atoms with Gasteiger partial charge in [-0.3, -0.25) is 14.9 Å². The number of hydrogen-bond acceptors (Lipinski definition) is 4. The number of alkyl halides is 3. The Labute approximate surface area is 145 Å². The lowest BCUT2D eigenvalue weighted by Crippen LogP contribution is -2.23. The van der Waals surface area contributed by atoms with Crippen molar-refractivity contribution in [2.24, 2.45) is 0 Å². The number of halogens is 3. The van der Waals surface area contributed by atoms with Gasteiger partial charge in [-0.15, -0.1) is 11.8 Å². The average Bonchev–Trinajstić information content (AvgIpc) is 2.58. The topological polar surface area (TPSA) is 72.2 Å². The molecule has 2 aromatic rings. The molecule has 1 N–H and O–H groups in total. The normalized spacial score (nSPS) is 11.2. The number of nitrogens with one attached hydrogen (secondary N) is 1. The van der Waals surface area contributed by atoms with Crippen LogP contribution in [0.25, 0.3) is 0 Å². The van der Waals surface area contributed by atoms with Crippen molar-refractivity contribution in [2.75, 3.05) is 6.26 Å². The number of carbonyl (C=O) groups excluding carboxylic acids is 1. The van der Waals surface area contributed by atoms with Crippen LogP contribution in [-0.2, 0) is 12.7 Å². The molecule has 0 heterocycles. The van der Waals surface area contributed by atoms with E-state index in [0.29, 0.717) is 4.90 Å². The third-order valence-electron chi connectivity index (χ3n) is 3.35. The highest BCUT2D eigenvalue weighted by Gasteiger charge is 2.30. The lowest BCUT2D eigenvalue weighted by atomic mass is 10.1. The van der Waals surface area contributed by atoms with Crippen LogP contribution in [0.15, 0.2) is 47.4 Å². The van der Waals surface area contributed by atoms with Gasteiger partial charge in [-0.05, 0) is 36.1 Å². The Balaban J connectivity index is 2.13. The standard InChI is InChI=1S/C16H13F3N2O3S/c1-25-14-6-5-11(8-13(14)21(23)24)15(22)20-9-10-3-2-4-12(7-10)16(17,18)19/h2-8H,9H2,1H3,(H,20,22). The van der Waals surface area contributed by atoms with E-state index in [-0.39, 0.29) is 23.4 Å². The van der Waals surface area contributed by atoms with Crippen LogP contribution in [0.3, 0.4) is 0 Å². The van der Waals surface area contributed by atoms with Crippen molar-refractivity contribution >= 4 is 23.4 Å². The van der Waals surface area contributed by atoms with Gasteiger partial charge in [-0.1, -0.05) is 12.1 Å². The van der Waals surface area contributed by atoms with Gasteiger partial charge in [-0.2, -0.15) is 13.2 Å². The first-order chi connectivity index (χ1) is 11.7. The molecule has 2 rings (SSSR count). The quantitative estimate of drug-likeness (QED) is 0.485. The summed E-state index contributed by atoms with van der Waals surface area (Å²) >= 11 is 1.18. The average molecular weight is 370 g/mol. The Hall–Kier alpha value is -2.55. The molecule has 0 aliphatic carbocycles. The Bertz CT molecular complexity index is 809. The molecule has 0 fully saturated rings. The van der Waals surface area contributed by atoms with E-state index in [4.69, 9.17) is 0 Å². The zero-order chi connectivity index (χ0) is 18.6. The van der Waals surface area contributed by atoms with Gasteiger partial charge in [0.1, 0.15) is 0 Å². The van der Waals surface area contributed by atoms with Crippen molar-refractivity contribution in [3.8, 4) is 0 Å². The van der Waals surface area contributed by atoms with E-state index < -0.39 is 22.6 Å². The van der Waals surface area contributed by atoms with E-state index in [2.05, 4.69) is 5.32 Å². The summed E-state index contributed by atoms with van der Waals surface area (Å²) in [6.07, 6.45) is -2.79. The van der Waals surface area contributed by atoms with Crippen molar-refractivity contribution < 1.29 is 22.9 Å². The minimum atomic E-state index is -4.46. The van der Waals surface area contributed by atoms with Crippen molar-refractivity contribution in [2.45, 2.75) is 17.6 Å². The predicted molar refractivity (Wildman–Crippen MR) is 87.5 cm³/mol. The maximum atomic E-state index is 12.7. The minimum absolute atomic E-state index is 0.0662. The fourth-order valence-corrected chi connectivity index (χ4v) is 2.66. The zero-order valence-electron chi connectivity index (χ0n) is 13.0. The second kappa shape index (κ2) is 7.56. The number of carbonyl (C=O) groups is 1. The van der Waals surface area contributed by atoms with Crippen molar-refractivity contribution in [3.63, 3.8) is 0 Å². The van der Waals surface area contributed by atoms with Gasteiger partial charge < -0.3 is 5.32 Å². The maximum absolute atomic E-state index is 12.7. The van der Waals surface area contributed by atoms with Crippen molar-refractivity contribution in [1.29, 1.82) is 0 Å². The van der Waals surface area contributed by atoms with E-state index in [1.165, 1.54) is 36.0 Å². The van der Waals surface area contributed by atoms with Crippen LogP contribution < -0.4 is 5.32 Å². The van der Waals surface area contributed by atoms with E-state index in [1.54, 1.807) is 6.26 Å². The van der Waals surface area contributed by atoms with Crippen LogP contribution in [0.1, 0.15) is 21.5 Å². The molecule has 0 bridgehead atoms. The van der Waals surface area contributed by atoms with Gasteiger partial charge in [0.25, 0.3) is 11.6 Å². The van der Waals surface area contributed by atoms with E-state index in [9.17, 15) is 28.1 Å². The molecule has 132 valence electrons. The molecule has 0 radical (unpaired) electrons. The maximum Gasteiger partial charge on any atom is 0.416 e. The van der Waals surface area contributed by atoms with Crippen molar-refractivity contribution in [1.82, 2.24) is 5.32 Å². The SMILES string of the molecule is CSc1ccc(C(=O)NCc2cccc(C(F)(F)F)c2)cc1[N+](=O)[O-]. The molecule has 0 saturated carbocycles. The molecule has 0 aliphatic rings. The molecule has 0 aromatic heterocycles. The number of nitro benzene ring substituents is 1. The largest absolute Gasteiger partial charge is 0.416 e. The fourth-order valence-electron chi connectivity index (χ4n) is 2.12. The molecule has 9 heteroatoms. The van der Waals surface area contributed by atoms with Crippen LogP contribution in [0.4, 0.5) is 18.9 Å². The molecule has 0 spiro atoms. The molecular formula is C16H13F3N2O3S. The molecule has 25 heavy (non-hydrogen) atoms. The number of benzene rings is 2. The van der Waals surface area contributed by atoms with Crippen LogP contribution in [0, 0.1) is 10.1 Å². The first kappa shape index (κ1) is 18.8. The second-order valence-electron chi connectivity index (χ2n) is 5.02. The number of nitro groups is 1. The molecule has 0 unspecified atom stereocenters. The summed E-state index contributed by atoms with van der Waals surface area (Å²) in [6.45, 7) is -0.124. The van der Waals surface area contributed by atoms with Crippen LogP contribution in [0.5, 0.6) is 0 Å². The van der Waals surface area contributed by atoms with Crippen LogP contribution >= 0.6 is 11.8 Å². The first-order valence-corrected chi connectivity index (χ1v) is 8.21. The third-order valence-corrected chi connectivity index (χ3v) is 4.13. The molecule has 0 atom stereocenters. The highest BCUT2D eigenvalue weighted by Crippen LogP contribution is 2.30. The van der Waals surface area contributed by atoms with E-state index in [0.717, 1.165) is 18.2 Å². The highest BCUT2D eigenvalue weighted by atomic mass is 32.2. The Morgan fingerprint density at radius 3 is 2.56 bits per heavy atom. The third kappa shape index (κ3) is 4.72. The van der Waals surface area contributed by atoms with Gasteiger partial charge >= 0.3 is 6.18 Å². The zero-order valence-corrected chi connectivity index (χ0v) is 13.8. The Morgan fingerprint density at radius 2 is 1.96 bits per heavy atom. The molecular weight excluding hydrogens is 357 g/mol. The van der Waals surface area contributed by atoms with E-state index in [1.807, 2.05) is 0 Å². The fraction of sp³-hybridized carbons (Fsp3) is 0.188. The summed E-state index contributed by atoms with van der Waals surface area (Å²) in [7, 11) is 0. The van der Waals surface area contributed by atoms with Gasteiger partial charge in [0.05, 0.1) is 15.4 Å². The van der Waals surface area contributed by atoms with Gasteiger partial charge in [-0.25, -0.2) is 0 Å². The van der Waals surface area contributed by atoms with Gasteiger partial charge in [0.15, 0.2) is 0 Å². The summed E-state index contributed by atoms with van der Waals surface area (Å²) in [5.41, 5.74) is -0.659. The first-order valence-electron chi connectivity index (χ1n) is 6.99. The molecule has 5 nitrogen and oxygen atoms in total. The Kier molecular flexibility index (Phi) is 5.68. The highest BCUT2D eigenvalue weighted by molar-refractivity contribution is 7.98. The predicted octanol–water partition coefficient (Wildman–Crippen LogP) is 4.27. The lowest BCUT2D eigenvalue weighted by molar-refractivity contribution is -0.387. The summed E-state index contributed by atoms with van der Waals surface area (Å²) in [4.78, 5) is 23.0. The van der Waals surface area contributed by atoms with Crippen LogP contribution in [-0.4, -0.2) is 17.1 Å². The smallest absolute Gasteiger partial charge is 0.348 e. The summed E-state index contributed by atoms with van der Waals surface area (Å²) in [5, 5.41) is 13.5.